The van der Waals surface area contributed by atoms with Gasteiger partial charge in [0, 0.05) is 29.3 Å². The summed E-state index contributed by atoms with van der Waals surface area (Å²) in [6.07, 6.45) is 3.91. The molecule has 0 radical (unpaired) electrons. The van der Waals surface area contributed by atoms with Gasteiger partial charge >= 0.3 is 0 Å². The molecule has 5 nitrogen and oxygen atoms in total. The van der Waals surface area contributed by atoms with Crippen molar-refractivity contribution in [3.63, 3.8) is 0 Å². The quantitative estimate of drug-likeness (QED) is 0.339. The van der Waals surface area contributed by atoms with Crippen LogP contribution in [-0.4, -0.2) is 35.3 Å². The predicted molar refractivity (Wildman–Crippen MR) is 83.3 cm³/mol. The number of hydrogen-bond donors (Lipinski definition) is 3. The predicted octanol–water partition coefficient (Wildman–Crippen LogP) is 2.28. The lowest BCUT2D eigenvalue weighted by Crippen LogP contribution is -2.39. The van der Waals surface area contributed by atoms with Crippen LogP contribution in [0.1, 0.15) is 31.2 Å². The Balaban J connectivity index is 2.15. The molecular weight excluding hydrogens is 322 g/mol. The molecule has 4 N–H and O–H groups in total. The van der Waals surface area contributed by atoms with Crippen molar-refractivity contribution in [2.45, 2.75) is 31.3 Å². The summed E-state index contributed by atoms with van der Waals surface area (Å²) in [5.74, 6) is 0.0699. The van der Waals surface area contributed by atoms with Crippen LogP contribution in [0.15, 0.2) is 27.8 Å². The molecule has 0 saturated heterocycles. The maximum Gasteiger partial charge on any atom is 0.171 e. The van der Waals surface area contributed by atoms with E-state index in [2.05, 4.69) is 21.1 Å². The Morgan fingerprint density at radius 1 is 1.45 bits per heavy atom. The highest BCUT2D eigenvalue weighted by atomic mass is 79.9. The van der Waals surface area contributed by atoms with E-state index in [-0.39, 0.29) is 5.84 Å². The summed E-state index contributed by atoms with van der Waals surface area (Å²) in [4.78, 5) is 2.03. The van der Waals surface area contributed by atoms with Crippen molar-refractivity contribution in [1.29, 1.82) is 0 Å². The molecule has 0 atom stereocenters. The zero-order valence-electron chi connectivity index (χ0n) is 11.5. The van der Waals surface area contributed by atoms with Gasteiger partial charge in [0.2, 0.25) is 0 Å². The zero-order valence-corrected chi connectivity index (χ0v) is 13.1. The van der Waals surface area contributed by atoms with E-state index < -0.39 is 5.60 Å². The molecule has 0 aromatic heterocycles. The third kappa shape index (κ3) is 3.24. The van der Waals surface area contributed by atoms with Gasteiger partial charge in [-0.25, -0.2) is 0 Å². The Labute approximate surface area is 127 Å². The molecule has 20 heavy (non-hydrogen) atoms. The van der Waals surface area contributed by atoms with Gasteiger partial charge in [-0.1, -0.05) is 18.0 Å². The number of rotatable bonds is 4. The Kier molecular flexibility index (Phi) is 4.55. The number of aliphatic hydroxyl groups is 1. The highest BCUT2D eigenvalue weighted by Crippen LogP contribution is 2.32. The minimum absolute atomic E-state index is 0.0699. The van der Waals surface area contributed by atoms with Crippen LogP contribution in [0.25, 0.3) is 0 Å². The summed E-state index contributed by atoms with van der Waals surface area (Å²) in [5.41, 5.74) is 6.63. The first-order valence-corrected chi connectivity index (χ1v) is 7.45. The Morgan fingerprint density at radius 2 is 2.10 bits per heavy atom. The van der Waals surface area contributed by atoms with E-state index in [4.69, 9.17) is 10.9 Å². The molecule has 0 amide bonds. The third-order valence-electron chi connectivity index (χ3n) is 3.84. The highest BCUT2D eigenvalue weighted by molar-refractivity contribution is 9.10. The molecule has 0 unspecified atom stereocenters. The van der Waals surface area contributed by atoms with Crippen molar-refractivity contribution in [3.05, 3.63) is 28.2 Å². The number of nitrogens with zero attached hydrogens (tertiary/aromatic N) is 2. The molecule has 1 aromatic rings. The second-order valence-electron chi connectivity index (χ2n) is 5.44. The normalized spacial score (nSPS) is 18.2. The van der Waals surface area contributed by atoms with E-state index in [1.54, 1.807) is 6.07 Å². The molecule has 2 rings (SSSR count). The zero-order chi connectivity index (χ0) is 14.8. The van der Waals surface area contributed by atoms with E-state index in [0.717, 1.165) is 35.8 Å². The van der Waals surface area contributed by atoms with Crippen molar-refractivity contribution in [3.8, 4) is 0 Å². The van der Waals surface area contributed by atoms with Crippen molar-refractivity contribution < 1.29 is 10.3 Å². The number of benzene rings is 1. The third-order valence-corrected chi connectivity index (χ3v) is 4.50. The highest BCUT2D eigenvalue weighted by Gasteiger charge is 2.32. The minimum atomic E-state index is -0.578. The molecule has 1 fully saturated rings. The topological polar surface area (TPSA) is 82.1 Å². The first-order chi connectivity index (χ1) is 9.45. The van der Waals surface area contributed by atoms with Crippen molar-refractivity contribution in [2.75, 3.05) is 18.5 Å². The molecule has 1 saturated carbocycles. The summed E-state index contributed by atoms with van der Waals surface area (Å²) in [5, 5.41) is 22.2. The van der Waals surface area contributed by atoms with E-state index in [1.807, 2.05) is 24.1 Å². The second kappa shape index (κ2) is 6.01. The lowest BCUT2D eigenvalue weighted by Gasteiger charge is -2.30. The van der Waals surface area contributed by atoms with Crippen LogP contribution in [0.2, 0.25) is 0 Å². The fourth-order valence-corrected chi connectivity index (χ4v) is 3.30. The van der Waals surface area contributed by atoms with Gasteiger partial charge in [0.05, 0.1) is 5.60 Å². The van der Waals surface area contributed by atoms with Gasteiger partial charge in [-0.3, -0.25) is 0 Å². The molecule has 110 valence electrons. The van der Waals surface area contributed by atoms with Gasteiger partial charge in [-0.05, 0) is 47.0 Å². The fraction of sp³-hybridized carbons (Fsp3) is 0.500. The summed E-state index contributed by atoms with van der Waals surface area (Å²) in [6.45, 7) is 0.613. The van der Waals surface area contributed by atoms with Crippen LogP contribution in [0.4, 0.5) is 5.69 Å². The number of likely N-dealkylation sites (N-methyl/N-ethyl adjacent to an activating group) is 1. The van der Waals surface area contributed by atoms with Crippen LogP contribution in [0, 0.1) is 0 Å². The molecule has 1 aliphatic rings. The van der Waals surface area contributed by atoms with Crippen molar-refractivity contribution in [1.82, 2.24) is 0 Å². The standard InChI is InChI=1S/C14H20BrN3O2/c1-18(9-14(19)6-2-3-7-14)10-4-5-11(12(15)8-10)13(16)17-20/h4-5,8,19-20H,2-3,6-7,9H2,1H3,(H2,16,17). The summed E-state index contributed by atoms with van der Waals surface area (Å²) in [7, 11) is 1.96. The molecule has 0 heterocycles. The van der Waals surface area contributed by atoms with Crippen molar-refractivity contribution in [2.24, 2.45) is 10.9 Å². The average Bonchev–Trinajstić information content (AvgIpc) is 2.84. The van der Waals surface area contributed by atoms with Crippen LogP contribution in [0.5, 0.6) is 0 Å². The number of halogens is 1. The van der Waals surface area contributed by atoms with Gasteiger partial charge in [0.1, 0.15) is 0 Å². The monoisotopic (exact) mass is 341 g/mol. The molecule has 6 heteroatoms. The fourth-order valence-electron chi connectivity index (χ4n) is 2.73. The van der Waals surface area contributed by atoms with Crippen LogP contribution in [-0.2, 0) is 0 Å². The first-order valence-electron chi connectivity index (χ1n) is 6.66. The largest absolute Gasteiger partial charge is 0.409 e. The Bertz CT molecular complexity index is 513. The smallest absolute Gasteiger partial charge is 0.171 e. The second-order valence-corrected chi connectivity index (χ2v) is 6.29. The summed E-state index contributed by atoms with van der Waals surface area (Å²) >= 11 is 3.42. The number of hydrogen-bond acceptors (Lipinski definition) is 4. The lowest BCUT2D eigenvalue weighted by molar-refractivity contribution is 0.0559. The van der Waals surface area contributed by atoms with E-state index >= 15 is 0 Å². The van der Waals surface area contributed by atoms with Crippen LogP contribution >= 0.6 is 15.9 Å². The minimum Gasteiger partial charge on any atom is -0.409 e. The molecule has 1 aromatic carbocycles. The molecule has 1 aliphatic carbocycles. The molecular formula is C14H20BrN3O2. The summed E-state index contributed by atoms with van der Waals surface area (Å²) < 4.78 is 0.760. The number of nitrogens with two attached hydrogens (primary N) is 1. The van der Waals surface area contributed by atoms with Gasteiger partial charge in [-0.2, -0.15) is 0 Å². The van der Waals surface area contributed by atoms with Gasteiger partial charge in [-0.15, -0.1) is 0 Å². The number of anilines is 1. The number of amidine groups is 1. The van der Waals surface area contributed by atoms with Crippen molar-refractivity contribution >= 4 is 27.5 Å². The van der Waals surface area contributed by atoms with Gasteiger partial charge < -0.3 is 20.9 Å². The first kappa shape index (κ1) is 15.1. The number of oxime groups is 1. The molecule has 0 spiro atoms. The van der Waals surface area contributed by atoms with Crippen LogP contribution < -0.4 is 10.6 Å². The Morgan fingerprint density at radius 3 is 2.65 bits per heavy atom. The van der Waals surface area contributed by atoms with E-state index in [0.29, 0.717) is 12.1 Å². The van der Waals surface area contributed by atoms with E-state index in [9.17, 15) is 5.11 Å². The van der Waals surface area contributed by atoms with Gasteiger partial charge in [0.25, 0.3) is 0 Å². The average molecular weight is 342 g/mol. The molecule has 0 aliphatic heterocycles. The lowest BCUT2D eigenvalue weighted by atomic mass is 10.0. The van der Waals surface area contributed by atoms with Gasteiger partial charge in [0.15, 0.2) is 5.84 Å². The van der Waals surface area contributed by atoms with Crippen LogP contribution in [0.3, 0.4) is 0 Å². The maximum atomic E-state index is 10.4. The Hall–Kier alpha value is -1.27. The summed E-state index contributed by atoms with van der Waals surface area (Å²) in [6, 6.07) is 5.60. The maximum absolute atomic E-state index is 10.4. The SMILES string of the molecule is CN(CC1(O)CCCC1)c1ccc(/C(N)=N/O)c(Br)c1. The van der Waals surface area contributed by atoms with E-state index in [1.165, 1.54) is 0 Å². The molecule has 0 bridgehead atoms.